The lowest BCUT2D eigenvalue weighted by atomic mass is 10.1. The van der Waals surface area contributed by atoms with Gasteiger partial charge >= 0.3 is 0 Å². The average molecular weight is 439 g/mol. The van der Waals surface area contributed by atoms with Crippen LogP contribution >= 0.6 is 11.6 Å². The zero-order chi connectivity index (χ0) is 21.6. The van der Waals surface area contributed by atoms with Gasteiger partial charge in [-0.05, 0) is 48.6 Å². The van der Waals surface area contributed by atoms with Gasteiger partial charge in [-0.25, -0.2) is 0 Å². The fourth-order valence-electron chi connectivity index (χ4n) is 3.91. The molecule has 2 aromatic carbocycles. The van der Waals surface area contributed by atoms with Gasteiger partial charge in [0.2, 0.25) is 11.7 Å². The van der Waals surface area contributed by atoms with Gasteiger partial charge in [-0.1, -0.05) is 48.0 Å². The number of carbonyl (C=O) groups excluding carboxylic acids is 1. The minimum absolute atomic E-state index is 0.0702. The third kappa shape index (κ3) is 5.61. The molecule has 1 fully saturated rings. The van der Waals surface area contributed by atoms with E-state index in [1.807, 2.05) is 42.5 Å². The van der Waals surface area contributed by atoms with Gasteiger partial charge in [-0.15, -0.1) is 10.2 Å². The molecule has 3 aromatic rings. The summed E-state index contributed by atoms with van der Waals surface area (Å²) in [6.07, 6.45) is 2.19. The molecule has 1 N–H and O–H groups in total. The van der Waals surface area contributed by atoms with Crippen molar-refractivity contribution in [2.24, 2.45) is 5.92 Å². The van der Waals surface area contributed by atoms with Crippen LogP contribution in [0, 0.1) is 12.8 Å². The molecule has 8 heteroatoms. The van der Waals surface area contributed by atoms with Gasteiger partial charge in [0, 0.05) is 42.3 Å². The molecule has 7 nitrogen and oxygen atoms in total. The summed E-state index contributed by atoms with van der Waals surface area (Å²) >= 11 is 6.16. The van der Waals surface area contributed by atoms with Crippen molar-refractivity contribution in [2.45, 2.75) is 32.7 Å². The molecule has 0 bridgehead atoms. The molecule has 0 spiro atoms. The Bertz CT molecular complexity index is 1020. The molecule has 4 rings (SSSR count). The molecule has 0 aliphatic carbocycles. The molecular weight excluding hydrogens is 412 g/mol. The number of nitrogens with zero attached hydrogens (tertiary/aromatic N) is 5. The van der Waals surface area contributed by atoms with Crippen LogP contribution in [0.1, 0.15) is 24.8 Å². The SMILES string of the molecule is Cc1ccc(Cl)cc1N1CCC(CNC(=O)CCCn2nnc(-c3ccccc3)n2)C1. The number of anilines is 1. The summed E-state index contributed by atoms with van der Waals surface area (Å²) in [6.45, 7) is 5.30. The highest BCUT2D eigenvalue weighted by molar-refractivity contribution is 6.30. The Morgan fingerprint density at radius 2 is 2.06 bits per heavy atom. The summed E-state index contributed by atoms with van der Waals surface area (Å²) in [6, 6.07) is 15.7. The van der Waals surface area contributed by atoms with Crippen LogP contribution in [0.3, 0.4) is 0 Å². The molecule has 1 aliphatic rings. The summed E-state index contributed by atoms with van der Waals surface area (Å²) in [4.78, 5) is 16.2. The molecule has 1 aromatic heterocycles. The zero-order valence-corrected chi connectivity index (χ0v) is 18.4. The molecule has 1 atom stereocenters. The van der Waals surface area contributed by atoms with Crippen LogP contribution < -0.4 is 10.2 Å². The van der Waals surface area contributed by atoms with Gasteiger partial charge in [0.15, 0.2) is 0 Å². The number of aryl methyl sites for hydroxylation is 2. The minimum Gasteiger partial charge on any atom is -0.371 e. The van der Waals surface area contributed by atoms with E-state index in [1.54, 1.807) is 4.80 Å². The van der Waals surface area contributed by atoms with Crippen molar-refractivity contribution in [3.05, 3.63) is 59.1 Å². The van der Waals surface area contributed by atoms with Crippen LogP contribution in [-0.4, -0.2) is 45.7 Å². The highest BCUT2D eigenvalue weighted by atomic mass is 35.5. The summed E-state index contributed by atoms with van der Waals surface area (Å²) in [5, 5.41) is 16.4. The molecule has 2 heterocycles. The third-order valence-corrected chi connectivity index (χ3v) is 5.87. The Kier molecular flexibility index (Phi) is 6.82. The molecule has 1 saturated heterocycles. The Morgan fingerprint density at radius 1 is 1.23 bits per heavy atom. The zero-order valence-electron chi connectivity index (χ0n) is 17.7. The second kappa shape index (κ2) is 9.92. The first-order chi connectivity index (χ1) is 15.1. The van der Waals surface area contributed by atoms with Gasteiger partial charge < -0.3 is 10.2 Å². The van der Waals surface area contributed by atoms with Crippen LogP contribution in [0.15, 0.2) is 48.5 Å². The summed E-state index contributed by atoms with van der Waals surface area (Å²) in [5.41, 5.74) is 3.35. The summed E-state index contributed by atoms with van der Waals surface area (Å²) < 4.78 is 0. The van der Waals surface area contributed by atoms with E-state index in [4.69, 9.17) is 11.6 Å². The molecule has 31 heavy (non-hydrogen) atoms. The molecule has 162 valence electrons. The van der Waals surface area contributed by atoms with Crippen molar-refractivity contribution < 1.29 is 4.79 Å². The molecule has 0 radical (unpaired) electrons. The second-order valence-corrected chi connectivity index (χ2v) is 8.45. The first kappa shape index (κ1) is 21.3. The number of halogens is 1. The van der Waals surface area contributed by atoms with Crippen LogP contribution in [-0.2, 0) is 11.3 Å². The van der Waals surface area contributed by atoms with Crippen molar-refractivity contribution in [1.82, 2.24) is 25.5 Å². The van der Waals surface area contributed by atoms with Gasteiger partial charge in [-0.2, -0.15) is 4.80 Å². The van der Waals surface area contributed by atoms with E-state index in [0.717, 1.165) is 30.1 Å². The third-order valence-electron chi connectivity index (χ3n) is 5.63. The van der Waals surface area contributed by atoms with Crippen LogP contribution in [0.25, 0.3) is 11.4 Å². The molecular formula is C23H27ClN6O. The number of hydrogen-bond acceptors (Lipinski definition) is 5. The van der Waals surface area contributed by atoms with E-state index in [9.17, 15) is 4.79 Å². The Morgan fingerprint density at radius 3 is 2.90 bits per heavy atom. The first-order valence-electron chi connectivity index (χ1n) is 10.7. The molecule has 1 amide bonds. The number of tetrazole rings is 1. The number of amides is 1. The molecule has 0 saturated carbocycles. The number of carbonyl (C=O) groups is 1. The van der Waals surface area contributed by atoms with Crippen molar-refractivity contribution in [3.63, 3.8) is 0 Å². The van der Waals surface area contributed by atoms with E-state index in [1.165, 1.54) is 11.3 Å². The van der Waals surface area contributed by atoms with Gasteiger partial charge in [0.25, 0.3) is 0 Å². The number of aromatic nitrogens is 4. The fourth-order valence-corrected chi connectivity index (χ4v) is 4.08. The van der Waals surface area contributed by atoms with Gasteiger partial charge in [-0.3, -0.25) is 4.79 Å². The molecule has 1 aliphatic heterocycles. The lowest BCUT2D eigenvalue weighted by molar-refractivity contribution is -0.121. The largest absolute Gasteiger partial charge is 0.371 e. The number of nitrogens with one attached hydrogen (secondary N) is 1. The fraction of sp³-hybridized carbons (Fsp3) is 0.391. The summed E-state index contributed by atoms with van der Waals surface area (Å²) in [7, 11) is 0. The Hall–Kier alpha value is -2.93. The van der Waals surface area contributed by atoms with Crippen LogP contribution in [0.5, 0.6) is 0 Å². The monoisotopic (exact) mass is 438 g/mol. The number of benzene rings is 2. The summed E-state index contributed by atoms with van der Waals surface area (Å²) in [5.74, 6) is 1.12. The standard InChI is InChI=1S/C23H27ClN6O/c1-17-9-10-20(24)14-21(17)29-13-11-18(16-29)15-25-22(31)8-5-12-30-27-23(26-28-30)19-6-3-2-4-7-19/h2-4,6-7,9-10,14,18H,5,8,11-13,15-16H2,1H3,(H,25,31). The Balaban J connectivity index is 1.18. The number of hydrogen-bond donors (Lipinski definition) is 1. The number of rotatable bonds is 8. The lowest BCUT2D eigenvalue weighted by Gasteiger charge is -2.21. The normalized spacial score (nSPS) is 15.9. The smallest absolute Gasteiger partial charge is 0.220 e. The lowest BCUT2D eigenvalue weighted by Crippen LogP contribution is -2.31. The first-order valence-corrected chi connectivity index (χ1v) is 11.1. The second-order valence-electron chi connectivity index (χ2n) is 8.01. The van der Waals surface area contributed by atoms with Crippen molar-refractivity contribution in [1.29, 1.82) is 0 Å². The highest BCUT2D eigenvalue weighted by Crippen LogP contribution is 2.29. The van der Waals surface area contributed by atoms with E-state index in [0.29, 0.717) is 37.7 Å². The Labute approximate surface area is 187 Å². The molecule has 1 unspecified atom stereocenters. The van der Waals surface area contributed by atoms with E-state index in [2.05, 4.69) is 38.6 Å². The topological polar surface area (TPSA) is 75.9 Å². The average Bonchev–Trinajstić information content (AvgIpc) is 3.44. The van der Waals surface area contributed by atoms with Crippen LogP contribution in [0.4, 0.5) is 5.69 Å². The van der Waals surface area contributed by atoms with Crippen molar-refractivity contribution in [2.75, 3.05) is 24.5 Å². The van der Waals surface area contributed by atoms with Crippen molar-refractivity contribution >= 4 is 23.2 Å². The van der Waals surface area contributed by atoms with E-state index < -0.39 is 0 Å². The predicted octanol–water partition coefficient (Wildman–Crippen LogP) is 3.72. The minimum atomic E-state index is 0.0702. The maximum Gasteiger partial charge on any atom is 0.220 e. The van der Waals surface area contributed by atoms with E-state index >= 15 is 0 Å². The highest BCUT2D eigenvalue weighted by Gasteiger charge is 2.24. The van der Waals surface area contributed by atoms with Crippen molar-refractivity contribution in [3.8, 4) is 11.4 Å². The van der Waals surface area contributed by atoms with E-state index in [-0.39, 0.29) is 5.91 Å². The van der Waals surface area contributed by atoms with Gasteiger partial charge in [0.05, 0.1) is 6.54 Å². The maximum atomic E-state index is 12.3. The van der Waals surface area contributed by atoms with Gasteiger partial charge in [0.1, 0.15) is 0 Å². The maximum absolute atomic E-state index is 12.3. The quantitative estimate of drug-likeness (QED) is 0.580. The predicted molar refractivity (Wildman–Crippen MR) is 122 cm³/mol. The van der Waals surface area contributed by atoms with Crippen LogP contribution in [0.2, 0.25) is 5.02 Å².